The van der Waals surface area contributed by atoms with Gasteiger partial charge in [0.25, 0.3) is 0 Å². The molecule has 1 aliphatic heterocycles. The summed E-state index contributed by atoms with van der Waals surface area (Å²) in [4.78, 5) is 28.6. The minimum absolute atomic E-state index is 0.0132. The van der Waals surface area contributed by atoms with Gasteiger partial charge in [0.1, 0.15) is 5.78 Å². The number of rotatable bonds is 2. The zero-order valence-electron chi connectivity index (χ0n) is 13.6. The summed E-state index contributed by atoms with van der Waals surface area (Å²) in [5, 5.41) is 0. The molecule has 3 nitrogen and oxygen atoms in total. The van der Waals surface area contributed by atoms with Gasteiger partial charge in [-0.05, 0) is 55.2 Å². The summed E-state index contributed by atoms with van der Waals surface area (Å²) in [6.07, 6.45) is 0.712. The fraction of sp³-hybridized carbons (Fsp3) is 0.250. The fourth-order valence-corrected chi connectivity index (χ4v) is 2.84. The number of aliphatic imine (C=N–C) groups is 1. The second-order valence-electron chi connectivity index (χ2n) is 6.15. The number of fused-ring (bicyclic) bond motifs is 1. The van der Waals surface area contributed by atoms with E-state index in [1.807, 2.05) is 38.1 Å². The molecule has 2 aromatic rings. The quantitative estimate of drug-likeness (QED) is 0.783. The van der Waals surface area contributed by atoms with Crippen LogP contribution in [0, 0.1) is 13.8 Å². The zero-order valence-corrected chi connectivity index (χ0v) is 13.6. The maximum Gasteiger partial charge on any atom is 0.159 e. The van der Waals surface area contributed by atoms with E-state index in [-0.39, 0.29) is 11.6 Å². The lowest BCUT2D eigenvalue weighted by Crippen LogP contribution is -2.09. The first kappa shape index (κ1) is 15.3. The lowest BCUT2D eigenvalue weighted by atomic mass is 9.99. The highest BCUT2D eigenvalue weighted by Crippen LogP contribution is 2.29. The van der Waals surface area contributed by atoms with Crippen LogP contribution in [0.25, 0.3) is 0 Å². The number of ketones is 2. The minimum Gasteiger partial charge on any atom is -0.299 e. The number of hydrogen-bond acceptors (Lipinski definition) is 3. The van der Waals surface area contributed by atoms with Crippen molar-refractivity contribution in [3.05, 3.63) is 64.2 Å². The van der Waals surface area contributed by atoms with Gasteiger partial charge < -0.3 is 0 Å². The normalized spacial score (nSPS) is 14.0. The topological polar surface area (TPSA) is 46.5 Å². The van der Waals surface area contributed by atoms with Gasteiger partial charge in [0.15, 0.2) is 5.78 Å². The van der Waals surface area contributed by atoms with E-state index in [0.717, 1.165) is 22.5 Å². The monoisotopic (exact) mass is 305 g/mol. The van der Waals surface area contributed by atoms with Gasteiger partial charge in [-0.2, -0.15) is 0 Å². The van der Waals surface area contributed by atoms with Crippen molar-refractivity contribution in [1.82, 2.24) is 0 Å². The molecule has 0 unspecified atom stereocenters. The van der Waals surface area contributed by atoms with Crippen molar-refractivity contribution in [2.45, 2.75) is 33.6 Å². The third kappa shape index (κ3) is 3.14. The van der Waals surface area contributed by atoms with Crippen LogP contribution >= 0.6 is 0 Å². The Balaban J connectivity index is 2.13. The predicted octanol–water partition coefficient (Wildman–Crippen LogP) is 4.14. The van der Waals surface area contributed by atoms with Crippen molar-refractivity contribution in [2.24, 2.45) is 4.99 Å². The number of nitrogens with zero attached hydrogens (tertiary/aromatic N) is 1. The van der Waals surface area contributed by atoms with Crippen LogP contribution in [0.15, 0.2) is 41.4 Å². The average molecular weight is 305 g/mol. The van der Waals surface area contributed by atoms with E-state index in [9.17, 15) is 9.59 Å². The molecule has 0 atom stereocenters. The van der Waals surface area contributed by atoms with E-state index >= 15 is 0 Å². The number of Topliss-reactive ketones (excluding diaryl/α,β-unsaturated/α-hetero) is 2. The molecular formula is C20H19NO2. The van der Waals surface area contributed by atoms with Crippen LogP contribution in [0.1, 0.15) is 46.0 Å². The molecule has 2 aromatic carbocycles. The minimum atomic E-state index is 0.0132. The van der Waals surface area contributed by atoms with Gasteiger partial charge in [-0.3, -0.25) is 14.6 Å². The Bertz CT molecular complexity index is 847. The highest BCUT2D eigenvalue weighted by molar-refractivity contribution is 6.14. The average Bonchev–Trinajstić information content (AvgIpc) is 2.66. The highest BCUT2D eigenvalue weighted by Gasteiger charge is 2.19. The Hall–Kier alpha value is -2.55. The van der Waals surface area contributed by atoms with E-state index < -0.39 is 0 Å². The zero-order chi connectivity index (χ0) is 16.6. The van der Waals surface area contributed by atoms with Gasteiger partial charge in [-0.15, -0.1) is 0 Å². The maximum absolute atomic E-state index is 12.3. The molecule has 23 heavy (non-hydrogen) atoms. The molecule has 0 saturated carbocycles. The van der Waals surface area contributed by atoms with Crippen LogP contribution in [0.2, 0.25) is 0 Å². The largest absolute Gasteiger partial charge is 0.299 e. The summed E-state index contributed by atoms with van der Waals surface area (Å²) in [5.41, 5.74) is 6.41. The van der Waals surface area contributed by atoms with Crippen LogP contribution < -0.4 is 0 Å². The summed E-state index contributed by atoms with van der Waals surface area (Å²) in [6, 6.07) is 11.4. The smallest absolute Gasteiger partial charge is 0.159 e. The van der Waals surface area contributed by atoms with E-state index in [2.05, 4.69) is 6.07 Å². The molecule has 0 N–H and O–H groups in total. The van der Waals surface area contributed by atoms with Gasteiger partial charge in [0.05, 0.1) is 11.4 Å². The van der Waals surface area contributed by atoms with Gasteiger partial charge in [-0.1, -0.05) is 24.3 Å². The molecule has 0 aromatic heterocycles. The lowest BCUT2D eigenvalue weighted by molar-refractivity contribution is -0.117. The molecule has 0 bridgehead atoms. The van der Waals surface area contributed by atoms with Crippen LogP contribution in [-0.2, 0) is 11.2 Å². The van der Waals surface area contributed by atoms with Crippen molar-refractivity contribution >= 4 is 23.0 Å². The summed E-state index contributed by atoms with van der Waals surface area (Å²) in [6.45, 7) is 5.64. The molecule has 1 heterocycles. The molecule has 0 fully saturated rings. The Kier molecular flexibility index (Phi) is 3.95. The number of carbonyl (C=O) groups excluding carboxylic acids is 2. The first-order valence-electron chi connectivity index (χ1n) is 7.75. The van der Waals surface area contributed by atoms with Crippen molar-refractivity contribution in [3.8, 4) is 0 Å². The van der Waals surface area contributed by atoms with Crippen LogP contribution in [0.5, 0.6) is 0 Å². The number of aryl methyl sites for hydroxylation is 2. The molecule has 3 heteroatoms. The Morgan fingerprint density at radius 3 is 2.52 bits per heavy atom. The molecular weight excluding hydrogens is 286 g/mol. The first-order valence-corrected chi connectivity index (χ1v) is 7.75. The van der Waals surface area contributed by atoms with E-state index in [1.165, 1.54) is 11.1 Å². The fourth-order valence-electron chi connectivity index (χ4n) is 2.84. The third-order valence-corrected chi connectivity index (χ3v) is 4.30. The molecule has 0 radical (unpaired) electrons. The highest BCUT2D eigenvalue weighted by atomic mass is 16.1. The predicted molar refractivity (Wildman–Crippen MR) is 91.9 cm³/mol. The molecule has 116 valence electrons. The summed E-state index contributed by atoms with van der Waals surface area (Å²) in [5.74, 6) is 0.165. The van der Waals surface area contributed by atoms with E-state index in [0.29, 0.717) is 18.4 Å². The maximum atomic E-state index is 12.3. The second-order valence-corrected chi connectivity index (χ2v) is 6.15. The Morgan fingerprint density at radius 1 is 1.04 bits per heavy atom. The Labute approximate surface area is 136 Å². The van der Waals surface area contributed by atoms with Gasteiger partial charge in [0.2, 0.25) is 0 Å². The number of hydrogen-bond donors (Lipinski definition) is 0. The van der Waals surface area contributed by atoms with Gasteiger partial charge in [0, 0.05) is 18.4 Å². The standard InChI is InChI=1S/C20H19NO2/c1-12-7-17-10-18(23)11-20(21-19(17)8-13(12)2)16-6-4-5-15(9-16)14(3)22/h4-9H,10-11H2,1-3H3. The Morgan fingerprint density at radius 2 is 1.78 bits per heavy atom. The van der Waals surface area contributed by atoms with Crippen molar-refractivity contribution < 1.29 is 9.59 Å². The molecule has 0 amide bonds. The molecule has 0 spiro atoms. The summed E-state index contributed by atoms with van der Waals surface area (Å²) < 4.78 is 0. The van der Waals surface area contributed by atoms with Crippen LogP contribution in [-0.4, -0.2) is 17.3 Å². The lowest BCUT2D eigenvalue weighted by Gasteiger charge is -2.07. The number of benzene rings is 2. The molecule has 0 saturated heterocycles. The van der Waals surface area contributed by atoms with E-state index in [4.69, 9.17) is 4.99 Å². The SMILES string of the molecule is CC(=O)c1cccc(C2=Nc3cc(C)c(C)cc3CC(=O)C2)c1. The number of carbonyl (C=O) groups is 2. The molecule has 3 rings (SSSR count). The third-order valence-electron chi connectivity index (χ3n) is 4.30. The van der Waals surface area contributed by atoms with E-state index in [1.54, 1.807) is 13.0 Å². The second kappa shape index (κ2) is 5.92. The van der Waals surface area contributed by atoms with Crippen LogP contribution in [0.3, 0.4) is 0 Å². The van der Waals surface area contributed by atoms with Crippen LogP contribution in [0.4, 0.5) is 5.69 Å². The van der Waals surface area contributed by atoms with Crippen molar-refractivity contribution in [2.75, 3.05) is 0 Å². The van der Waals surface area contributed by atoms with Crippen molar-refractivity contribution in [1.29, 1.82) is 0 Å². The summed E-state index contributed by atoms with van der Waals surface area (Å²) in [7, 11) is 0. The van der Waals surface area contributed by atoms with Gasteiger partial charge in [-0.25, -0.2) is 0 Å². The van der Waals surface area contributed by atoms with Crippen molar-refractivity contribution in [3.63, 3.8) is 0 Å². The van der Waals surface area contributed by atoms with Gasteiger partial charge >= 0.3 is 0 Å². The molecule has 1 aliphatic rings. The molecule has 0 aliphatic carbocycles. The first-order chi connectivity index (χ1) is 10.9. The summed E-state index contributed by atoms with van der Waals surface area (Å²) >= 11 is 0.